The highest BCUT2D eigenvalue weighted by Gasteiger charge is 2.37. The molecule has 1 N–H and O–H groups in total. The van der Waals surface area contributed by atoms with Crippen LogP contribution in [0, 0.1) is 5.92 Å². The molecule has 1 amide bonds. The van der Waals surface area contributed by atoms with Gasteiger partial charge in [-0.1, -0.05) is 13.8 Å². The monoisotopic (exact) mass is 361 g/mol. The highest BCUT2D eigenvalue weighted by Crippen LogP contribution is 2.38. The minimum atomic E-state index is -4.58. The van der Waals surface area contributed by atoms with Crippen LogP contribution in [0.15, 0.2) is 18.2 Å². The van der Waals surface area contributed by atoms with Gasteiger partial charge in [-0.15, -0.1) is 0 Å². The zero-order chi connectivity index (χ0) is 19.3. The summed E-state index contributed by atoms with van der Waals surface area (Å²) in [6, 6.07) is 3.48. The standard InChI is InChI=1S/C18H26F3NO3/c1-6-24-15-9-8-13(10-14(15)18(19,20)21)22-16(23)17(5,25-7-2)11-12(3)4/h8-10,12H,6-7,11H2,1-5H3,(H,22,23)/t17-/m0/s1. The maximum Gasteiger partial charge on any atom is 0.420 e. The lowest BCUT2D eigenvalue weighted by molar-refractivity contribution is -0.141. The molecule has 1 rings (SSSR count). The number of hydrogen-bond donors (Lipinski definition) is 1. The number of rotatable bonds is 8. The third-order valence-electron chi connectivity index (χ3n) is 3.58. The van der Waals surface area contributed by atoms with E-state index in [1.165, 1.54) is 12.1 Å². The molecule has 0 radical (unpaired) electrons. The molecule has 1 aromatic carbocycles. The van der Waals surface area contributed by atoms with Gasteiger partial charge < -0.3 is 14.8 Å². The van der Waals surface area contributed by atoms with E-state index in [1.54, 1.807) is 20.8 Å². The number of carbonyl (C=O) groups excluding carboxylic acids is 1. The van der Waals surface area contributed by atoms with Crippen LogP contribution in [0.1, 0.15) is 46.6 Å². The predicted octanol–water partition coefficient (Wildman–Crippen LogP) is 4.88. The fourth-order valence-electron chi connectivity index (χ4n) is 2.69. The summed E-state index contributed by atoms with van der Waals surface area (Å²) in [7, 11) is 0. The molecule has 0 bridgehead atoms. The van der Waals surface area contributed by atoms with Crippen LogP contribution < -0.4 is 10.1 Å². The van der Waals surface area contributed by atoms with Gasteiger partial charge in [-0.2, -0.15) is 13.2 Å². The van der Waals surface area contributed by atoms with Crippen LogP contribution in [0.3, 0.4) is 0 Å². The number of alkyl halides is 3. The van der Waals surface area contributed by atoms with Gasteiger partial charge >= 0.3 is 6.18 Å². The average molecular weight is 361 g/mol. The van der Waals surface area contributed by atoms with Crippen LogP contribution in [-0.4, -0.2) is 24.7 Å². The summed E-state index contributed by atoms with van der Waals surface area (Å²) >= 11 is 0. The highest BCUT2D eigenvalue weighted by molar-refractivity contribution is 5.97. The molecule has 0 saturated heterocycles. The Morgan fingerprint density at radius 2 is 1.84 bits per heavy atom. The smallest absolute Gasteiger partial charge is 0.420 e. The Bertz CT molecular complexity index is 587. The molecule has 0 aliphatic carbocycles. The van der Waals surface area contributed by atoms with Crippen molar-refractivity contribution in [2.24, 2.45) is 5.92 Å². The molecule has 7 heteroatoms. The molecule has 0 unspecified atom stereocenters. The van der Waals surface area contributed by atoms with Crippen molar-refractivity contribution in [2.45, 2.75) is 52.8 Å². The zero-order valence-electron chi connectivity index (χ0n) is 15.3. The topological polar surface area (TPSA) is 47.6 Å². The van der Waals surface area contributed by atoms with Gasteiger partial charge in [0.15, 0.2) is 0 Å². The largest absolute Gasteiger partial charge is 0.493 e. The van der Waals surface area contributed by atoms with Gasteiger partial charge in [0.05, 0.1) is 12.2 Å². The van der Waals surface area contributed by atoms with Crippen molar-refractivity contribution in [2.75, 3.05) is 18.5 Å². The molecule has 0 aliphatic heterocycles. The second-order valence-electron chi connectivity index (χ2n) is 6.36. The number of anilines is 1. The first kappa shape index (κ1) is 21.3. The number of nitrogens with one attached hydrogen (secondary N) is 1. The van der Waals surface area contributed by atoms with E-state index in [1.807, 2.05) is 13.8 Å². The molecule has 0 fully saturated rings. The lowest BCUT2D eigenvalue weighted by Gasteiger charge is -2.30. The Kier molecular flexibility index (Phi) is 7.29. The van der Waals surface area contributed by atoms with Crippen LogP contribution in [0.4, 0.5) is 18.9 Å². The van der Waals surface area contributed by atoms with E-state index in [2.05, 4.69) is 5.32 Å². The minimum Gasteiger partial charge on any atom is -0.493 e. The van der Waals surface area contributed by atoms with Crippen molar-refractivity contribution in [3.05, 3.63) is 23.8 Å². The van der Waals surface area contributed by atoms with Crippen molar-refractivity contribution in [1.29, 1.82) is 0 Å². The number of amides is 1. The molecule has 142 valence electrons. The van der Waals surface area contributed by atoms with Crippen LogP contribution in [0.5, 0.6) is 5.75 Å². The molecule has 0 saturated carbocycles. The zero-order valence-corrected chi connectivity index (χ0v) is 15.3. The van der Waals surface area contributed by atoms with Crippen LogP contribution in [0.2, 0.25) is 0 Å². The number of hydrogen-bond acceptors (Lipinski definition) is 3. The second kappa shape index (κ2) is 8.56. The molecule has 1 atom stereocenters. The van der Waals surface area contributed by atoms with E-state index in [-0.39, 0.29) is 24.0 Å². The van der Waals surface area contributed by atoms with Crippen LogP contribution in [-0.2, 0) is 15.7 Å². The van der Waals surface area contributed by atoms with Gasteiger partial charge in [-0.3, -0.25) is 4.79 Å². The molecular formula is C18H26F3NO3. The molecule has 0 aliphatic rings. The number of benzene rings is 1. The first-order chi connectivity index (χ1) is 11.5. The Labute approximate surface area is 146 Å². The number of ether oxygens (including phenoxy) is 2. The van der Waals surface area contributed by atoms with Gasteiger partial charge in [-0.05, 0) is 51.3 Å². The van der Waals surface area contributed by atoms with Crippen LogP contribution >= 0.6 is 0 Å². The fraction of sp³-hybridized carbons (Fsp3) is 0.611. The van der Waals surface area contributed by atoms with E-state index in [0.29, 0.717) is 13.0 Å². The molecule has 1 aromatic rings. The molecule has 4 nitrogen and oxygen atoms in total. The highest BCUT2D eigenvalue weighted by atomic mass is 19.4. The van der Waals surface area contributed by atoms with E-state index < -0.39 is 23.2 Å². The lowest BCUT2D eigenvalue weighted by Crippen LogP contribution is -2.44. The maximum absolute atomic E-state index is 13.2. The molecule has 0 heterocycles. The summed E-state index contributed by atoms with van der Waals surface area (Å²) in [5.74, 6) is -0.545. The van der Waals surface area contributed by atoms with Gasteiger partial charge in [0.25, 0.3) is 5.91 Å². The SMILES string of the molecule is CCOc1ccc(NC(=O)[C@](C)(CC(C)C)OCC)cc1C(F)(F)F. The summed E-state index contributed by atoms with van der Waals surface area (Å²) in [6.07, 6.45) is -4.12. The number of carbonyl (C=O) groups is 1. The second-order valence-corrected chi connectivity index (χ2v) is 6.36. The molecule has 0 aromatic heterocycles. The third kappa shape index (κ3) is 5.92. The Balaban J connectivity index is 3.10. The summed E-state index contributed by atoms with van der Waals surface area (Å²) in [6.45, 7) is 9.36. The summed E-state index contributed by atoms with van der Waals surface area (Å²) < 4.78 is 50.2. The molecule has 0 spiro atoms. The first-order valence-corrected chi connectivity index (χ1v) is 8.33. The van der Waals surface area contributed by atoms with Gasteiger partial charge in [0.1, 0.15) is 11.4 Å². The van der Waals surface area contributed by atoms with E-state index in [9.17, 15) is 18.0 Å². The fourth-order valence-corrected chi connectivity index (χ4v) is 2.69. The lowest BCUT2D eigenvalue weighted by atomic mass is 9.93. The quantitative estimate of drug-likeness (QED) is 0.718. The first-order valence-electron chi connectivity index (χ1n) is 8.33. The van der Waals surface area contributed by atoms with E-state index in [0.717, 1.165) is 6.07 Å². The maximum atomic E-state index is 13.2. The van der Waals surface area contributed by atoms with Crippen molar-refractivity contribution >= 4 is 11.6 Å². The Morgan fingerprint density at radius 3 is 2.32 bits per heavy atom. The minimum absolute atomic E-state index is 0.0514. The van der Waals surface area contributed by atoms with Gasteiger partial charge in [0, 0.05) is 12.3 Å². The van der Waals surface area contributed by atoms with Crippen molar-refractivity contribution < 1.29 is 27.4 Å². The van der Waals surface area contributed by atoms with Crippen molar-refractivity contribution in [3.8, 4) is 5.75 Å². The Hall–Kier alpha value is -1.76. The van der Waals surface area contributed by atoms with Gasteiger partial charge in [-0.25, -0.2) is 0 Å². The van der Waals surface area contributed by atoms with E-state index >= 15 is 0 Å². The molecular weight excluding hydrogens is 335 g/mol. The van der Waals surface area contributed by atoms with Gasteiger partial charge in [0.2, 0.25) is 0 Å². The third-order valence-corrected chi connectivity index (χ3v) is 3.58. The van der Waals surface area contributed by atoms with E-state index in [4.69, 9.17) is 9.47 Å². The van der Waals surface area contributed by atoms with Crippen LogP contribution in [0.25, 0.3) is 0 Å². The Morgan fingerprint density at radius 1 is 1.20 bits per heavy atom. The van der Waals surface area contributed by atoms with Crippen molar-refractivity contribution in [3.63, 3.8) is 0 Å². The summed E-state index contributed by atoms with van der Waals surface area (Å²) in [5.41, 5.74) is -1.98. The summed E-state index contributed by atoms with van der Waals surface area (Å²) in [4.78, 5) is 12.6. The average Bonchev–Trinajstić information content (AvgIpc) is 2.47. The van der Waals surface area contributed by atoms with Crippen molar-refractivity contribution in [1.82, 2.24) is 0 Å². The number of halogens is 3. The predicted molar refractivity (Wildman–Crippen MR) is 90.7 cm³/mol. The summed E-state index contributed by atoms with van der Waals surface area (Å²) in [5, 5.41) is 2.54. The molecule has 25 heavy (non-hydrogen) atoms. The normalized spacial score (nSPS) is 14.3.